The SMILES string of the molecule is CC(C)Oc1ccc(C(=O)N[C@@H]2CC[C@@H](N3CCOCC3)[C@@H]2O)cc1. The van der Waals surface area contributed by atoms with Crippen molar-refractivity contribution in [3.05, 3.63) is 29.8 Å². The molecule has 3 rings (SSSR count). The summed E-state index contributed by atoms with van der Waals surface area (Å²) < 4.78 is 11.0. The van der Waals surface area contributed by atoms with Crippen LogP contribution < -0.4 is 10.1 Å². The van der Waals surface area contributed by atoms with E-state index in [0.717, 1.165) is 31.7 Å². The maximum absolute atomic E-state index is 12.5. The Morgan fingerprint density at radius 1 is 1.24 bits per heavy atom. The lowest BCUT2D eigenvalue weighted by molar-refractivity contribution is -0.0154. The topological polar surface area (TPSA) is 71.0 Å². The second-order valence-corrected chi connectivity index (χ2v) is 7.05. The first-order chi connectivity index (χ1) is 12.0. The molecule has 138 valence electrons. The third-order valence-corrected chi connectivity index (χ3v) is 4.90. The van der Waals surface area contributed by atoms with Crippen molar-refractivity contribution in [1.82, 2.24) is 10.2 Å². The van der Waals surface area contributed by atoms with E-state index in [2.05, 4.69) is 10.2 Å². The molecule has 25 heavy (non-hydrogen) atoms. The third kappa shape index (κ3) is 4.51. The Morgan fingerprint density at radius 3 is 2.56 bits per heavy atom. The molecule has 0 unspecified atom stereocenters. The Kier molecular flexibility index (Phi) is 5.93. The van der Waals surface area contributed by atoms with E-state index >= 15 is 0 Å². The van der Waals surface area contributed by atoms with Crippen molar-refractivity contribution < 1.29 is 19.4 Å². The van der Waals surface area contributed by atoms with Gasteiger partial charge in [-0.05, 0) is 51.0 Å². The van der Waals surface area contributed by atoms with Crippen molar-refractivity contribution in [1.29, 1.82) is 0 Å². The number of hydrogen-bond donors (Lipinski definition) is 2. The van der Waals surface area contributed by atoms with Crippen LogP contribution in [0.25, 0.3) is 0 Å². The van der Waals surface area contributed by atoms with Gasteiger partial charge in [0.1, 0.15) is 5.75 Å². The van der Waals surface area contributed by atoms with Crippen molar-refractivity contribution in [2.24, 2.45) is 0 Å². The number of nitrogens with zero attached hydrogens (tertiary/aromatic N) is 1. The second-order valence-electron chi connectivity index (χ2n) is 7.05. The summed E-state index contributed by atoms with van der Waals surface area (Å²) in [4.78, 5) is 14.7. The Hall–Kier alpha value is -1.63. The number of morpholine rings is 1. The third-order valence-electron chi connectivity index (χ3n) is 4.90. The normalized spacial score (nSPS) is 27.4. The highest BCUT2D eigenvalue weighted by molar-refractivity contribution is 5.94. The van der Waals surface area contributed by atoms with Gasteiger partial charge in [-0.25, -0.2) is 0 Å². The number of nitrogens with one attached hydrogen (secondary N) is 1. The van der Waals surface area contributed by atoms with Crippen LogP contribution in [-0.2, 0) is 4.74 Å². The molecule has 0 bridgehead atoms. The molecule has 1 saturated carbocycles. The van der Waals surface area contributed by atoms with E-state index < -0.39 is 6.10 Å². The van der Waals surface area contributed by atoms with E-state index in [1.807, 2.05) is 13.8 Å². The predicted octanol–water partition coefficient (Wildman–Crippen LogP) is 1.43. The fourth-order valence-corrected chi connectivity index (χ4v) is 3.63. The molecule has 2 N–H and O–H groups in total. The average Bonchev–Trinajstić information content (AvgIpc) is 2.96. The van der Waals surface area contributed by atoms with Gasteiger partial charge in [0.15, 0.2) is 0 Å². The lowest BCUT2D eigenvalue weighted by atomic mass is 10.1. The van der Waals surface area contributed by atoms with Crippen LogP contribution in [-0.4, -0.2) is 66.5 Å². The van der Waals surface area contributed by atoms with Crippen molar-refractivity contribution in [3.8, 4) is 5.75 Å². The molecule has 2 aliphatic rings. The quantitative estimate of drug-likeness (QED) is 0.842. The van der Waals surface area contributed by atoms with E-state index in [9.17, 15) is 9.90 Å². The number of carbonyl (C=O) groups is 1. The monoisotopic (exact) mass is 348 g/mol. The molecule has 1 amide bonds. The Balaban J connectivity index is 1.55. The number of hydrogen-bond acceptors (Lipinski definition) is 5. The molecule has 1 aromatic rings. The highest BCUT2D eigenvalue weighted by Crippen LogP contribution is 2.26. The zero-order valence-electron chi connectivity index (χ0n) is 15.0. The standard InChI is InChI=1S/C19H28N2O4/c1-13(2)25-15-5-3-14(4-6-15)19(23)20-16-7-8-17(18(16)22)21-9-11-24-12-10-21/h3-6,13,16-18,22H,7-12H2,1-2H3,(H,20,23)/t16-,17-,18-/m1/s1. The zero-order chi connectivity index (χ0) is 17.8. The molecular formula is C19H28N2O4. The second kappa shape index (κ2) is 8.17. The summed E-state index contributed by atoms with van der Waals surface area (Å²) in [7, 11) is 0. The minimum Gasteiger partial charge on any atom is -0.491 e. The van der Waals surface area contributed by atoms with Gasteiger partial charge >= 0.3 is 0 Å². The lowest BCUT2D eigenvalue weighted by Gasteiger charge is -2.34. The summed E-state index contributed by atoms with van der Waals surface area (Å²) >= 11 is 0. The van der Waals surface area contributed by atoms with Crippen LogP contribution in [0, 0.1) is 0 Å². The van der Waals surface area contributed by atoms with Crippen molar-refractivity contribution in [2.45, 2.75) is 51.0 Å². The van der Waals surface area contributed by atoms with Gasteiger partial charge in [0, 0.05) is 24.7 Å². The molecule has 6 heteroatoms. The van der Waals surface area contributed by atoms with Gasteiger partial charge in [0.2, 0.25) is 0 Å². The summed E-state index contributed by atoms with van der Waals surface area (Å²) in [5.41, 5.74) is 0.582. The van der Waals surface area contributed by atoms with E-state index in [4.69, 9.17) is 9.47 Å². The van der Waals surface area contributed by atoms with Crippen LogP contribution in [0.2, 0.25) is 0 Å². The van der Waals surface area contributed by atoms with E-state index in [-0.39, 0.29) is 24.1 Å². The first kappa shape index (κ1) is 18.2. The summed E-state index contributed by atoms with van der Waals surface area (Å²) in [6, 6.07) is 7.03. The number of aliphatic hydroxyl groups is 1. The van der Waals surface area contributed by atoms with Gasteiger partial charge < -0.3 is 19.9 Å². The van der Waals surface area contributed by atoms with Gasteiger partial charge in [0.05, 0.1) is 31.5 Å². The number of amides is 1. The van der Waals surface area contributed by atoms with Gasteiger partial charge in [-0.3, -0.25) is 9.69 Å². The molecule has 1 heterocycles. The maximum Gasteiger partial charge on any atom is 0.251 e. The average molecular weight is 348 g/mol. The molecule has 0 spiro atoms. The fourth-order valence-electron chi connectivity index (χ4n) is 3.63. The van der Waals surface area contributed by atoms with Crippen LogP contribution in [0.5, 0.6) is 5.75 Å². The van der Waals surface area contributed by atoms with Crippen LogP contribution in [0.3, 0.4) is 0 Å². The van der Waals surface area contributed by atoms with Gasteiger partial charge in [-0.15, -0.1) is 0 Å². The zero-order valence-corrected chi connectivity index (χ0v) is 15.0. The molecular weight excluding hydrogens is 320 g/mol. The van der Waals surface area contributed by atoms with Crippen LogP contribution in [0.1, 0.15) is 37.0 Å². The van der Waals surface area contributed by atoms with Gasteiger partial charge in [0.25, 0.3) is 5.91 Å². The maximum atomic E-state index is 12.5. The van der Waals surface area contributed by atoms with Crippen molar-refractivity contribution in [2.75, 3.05) is 26.3 Å². The summed E-state index contributed by atoms with van der Waals surface area (Å²) in [5.74, 6) is 0.600. The van der Waals surface area contributed by atoms with Crippen LogP contribution in [0.4, 0.5) is 0 Å². The summed E-state index contributed by atoms with van der Waals surface area (Å²) in [5, 5.41) is 13.6. The molecule has 0 aromatic heterocycles. The number of ether oxygens (including phenoxy) is 2. The van der Waals surface area contributed by atoms with Crippen molar-refractivity contribution >= 4 is 5.91 Å². The lowest BCUT2D eigenvalue weighted by Crippen LogP contribution is -2.51. The van der Waals surface area contributed by atoms with Gasteiger partial charge in [-0.1, -0.05) is 0 Å². The molecule has 1 aliphatic carbocycles. The largest absolute Gasteiger partial charge is 0.491 e. The first-order valence-corrected chi connectivity index (χ1v) is 9.12. The molecule has 1 aliphatic heterocycles. The molecule has 1 saturated heterocycles. The highest BCUT2D eigenvalue weighted by Gasteiger charge is 2.39. The fraction of sp³-hybridized carbons (Fsp3) is 0.632. The molecule has 0 radical (unpaired) electrons. The minimum absolute atomic E-state index is 0.102. The summed E-state index contributed by atoms with van der Waals surface area (Å²) in [6.07, 6.45) is 1.26. The highest BCUT2D eigenvalue weighted by atomic mass is 16.5. The number of carbonyl (C=O) groups excluding carboxylic acids is 1. The number of rotatable bonds is 5. The van der Waals surface area contributed by atoms with E-state index in [0.29, 0.717) is 18.8 Å². The summed E-state index contributed by atoms with van der Waals surface area (Å²) in [6.45, 7) is 7.05. The molecule has 6 nitrogen and oxygen atoms in total. The van der Waals surface area contributed by atoms with E-state index in [1.165, 1.54) is 0 Å². The Bertz CT molecular complexity index is 569. The Morgan fingerprint density at radius 2 is 1.92 bits per heavy atom. The number of benzene rings is 1. The minimum atomic E-state index is -0.536. The van der Waals surface area contributed by atoms with Crippen LogP contribution in [0.15, 0.2) is 24.3 Å². The Labute approximate surface area is 149 Å². The number of aliphatic hydroxyl groups excluding tert-OH is 1. The smallest absolute Gasteiger partial charge is 0.251 e. The first-order valence-electron chi connectivity index (χ1n) is 9.12. The van der Waals surface area contributed by atoms with E-state index in [1.54, 1.807) is 24.3 Å². The molecule has 1 aromatic carbocycles. The van der Waals surface area contributed by atoms with Gasteiger partial charge in [-0.2, -0.15) is 0 Å². The van der Waals surface area contributed by atoms with Crippen LogP contribution >= 0.6 is 0 Å². The predicted molar refractivity (Wildman–Crippen MR) is 94.9 cm³/mol. The molecule has 2 fully saturated rings. The van der Waals surface area contributed by atoms with Crippen molar-refractivity contribution in [3.63, 3.8) is 0 Å². The molecule has 3 atom stereocenters.